The highest BCUT2D eigenvalue weighted by Crippen LogP contribution is 2.40. The monoisotopic (exact) mass is 397 g/mol. The SMILES string of the molecule is Cc1ccc(COc2ccc(-c3cnc(C4CCC(F)(F)CC4)[nH]3)cc2C)cn1. The van der Waals surface area contributed by atoms with Gasteiger partial charge in [-0.3, -0.25) is 4.98 Å². The molecule has 1 aliphatic carbocycles. The fraction of sp³-hybridized carbons (Fsp3) is 0.391. The number of hydrogen-bond acceptors (Lipinski definition) is 3. The summed E-state index contributed by atoms with van der Waals surface area (Å²) in [4.78, 5) is 12.1. The van der Waals surface area contributed by atoms with E-state index >= 15 is 0 Å². The molecule has 6 heteroatoms. The summed E-state index contributed by atoms with van der Waals surface area (Å²) in [5.41, 5.74) is 4.93. The van der Waals surface area contributed by atoms with Crippen molar-refractivity contribution < 1.29 is 13.5 Å². The minimum absolute atomic E-state index is 0.0602. The molecular formula is C23H25F2N3O. The van der Waals surface area contributed by atoms with Gasteiger partial charge in [0, 0.05) is 41.8 Å². The van der Waals surface area contributed by atoms with Gasteiger partial charge in [0.1, 0.15) is 18.2 Å². The minimum Gasteiger partial charge on any atom is -0.489 e. The van der Waals surface area contributed by atoms with Crippen LogP contribution in [0.5, 0.6) is 5.75 Å². The van der Waals surface area contributed by atoms with E-state index in [-0.39, 0.29) is 18.8 Å². The first-order chi connectivity index (χ1) is 13.9. The molecule has 0 spiro atoms. The summed E-state index contributed by atoms with van der Waals surface area (Å²) in [6.45, 7) is 4.43. The Morgan fingerprint density at radius 2 is 1.86 bits per heavy atom. The number of hydrogen-bond donors (Lipinski definition) is 1. The normalized spacial score (nSPS) is 16.7. The summed E-state index contributed by atoms with van der Waals surface area (Å²) in [6, 6.07) is 9.97. The molecule has 0 saturated heterocycles. The van der Waals surface area contributed by atoms with Crippen molar-refractivity contribution in [1.82, 2.24) is 15.0 Å². The van der Waals surface area contributed by atoms with Gasteiger partial charge in [-0.1, -0.05) is 6.07 Å². The predicted molar refractivity (Wildman–Crippen MR) is 108 cm³/mol. The standard InChI is InChI=1S/C23H25F2N3O/c1-15-11-19(5-6-21(15)29-14-17-4-3-16(2)26-12-17)20-13-27-22(28-20)18-7-9-23(24,25)10-8-18/h3-6,11-13,18H,7-10,14H2,1-2H3,(H,27,28). The highest BCUT2D eigenvalue weighted by molar-refractivity contribution is 5.61. The molecule has 1 aliphatic rings. The third kappa shape index (κ3) is 4.63. The van der Waals surface area contributed by atoms with Gasteiger partial charge < -0.3 is 9.72 Å². The quantitative estimate of drug-likeness (QED) is 0.578. The highest BCUT2D eigenvalue weighted by atomic mass is 19.3. The lowest BCUT2D eigenvalue weighted by Gasteiger charge is -2.26. The second kappa shape index (κ2) is 7.93. The van der Waals surface area contributed by atoms with Crippen molar-refractivity contribution in [3.05, 3.63) is 65.4 Å². The van der Waals surface area contributed by atoms with Crippen molar-refractivity contribution >= 4 is 0 Å². The second-order valence-electron chi connectivity index (χ2n) is 7.89. The number of alkyl halides is 2. The molecule has 0 bridgehead atoms. The van der Waals surface area contributed by atoms with Gasteiger partial charge in [0.2, 0.25) is 5.92 Å². The number of H-pyrrole nitrogens is 1. The van der Waals surface area contributed by atoms with Gasteiger partial charge >= 0.3 is 0 Å². The van der Waals surface area contributed by atoms with Crippen LogP contribution >= 0.6 is 0 Å². The summed E-state index contributed by atoms with van der Waals surface area (Å²) >= 11 is 0. The summed E-state index contributed by atoms with van der Waals surface area (Å²) in [7, 11) is 0. The third-order valence-corrected chi connectivity index (χ3v) is 5.55. The summed E-state index contributed by atoms with van der Waals surface area (Å²) < 4.78 is 32.7. The van der Waals surface area contributed by atoms with E-state index in [1.807, 2.05) is 44.3 Å². The molecule has 29 heavy (non-hydrogen) atoms. The number of aromatic nitrogens is 3. The summed E-state index contributed by atoms with van der Waals surface area (Å²) in [5, 5.41) is 0. The van der Waals surface area contributed by atoms with Crippen LogP contribution in [0.4, 0.5) is 8.78 Å². The lowest BCUT2D eigenvalue weighted by molar-refractivity contribution is -0.0387. The van der Waals surface area contributed by atoms with E-state index in [0.717, 1.165) is 39.7 Å². The number of aromatic amines is 1. The van der Waals surface area contributed by atoms with E-state index in [1.54, 1.807) is 6.20 Å². The Balaban J connectivity index is 1.43. The van der Waals surface area contributed by atoms with E-state index in [4.69, 9.17) is 4.74 Å². The molecular weight excluding hydrogens is 372 g/mol. The number of nitrogens with zero attached hydrogens (tertiary/aromatic N) is 2. The molecule has 0 unspecified atom stereocenters. The maximum Gasteiger partial charge on any atom is 0.248 e. The molecule has 0 amide bonds. The van der Waals surface area contributed by atoms with E-state index < -0.39 is 5.92 Å². The number of nitrogens with one attached hydrogen (secondary N) is 1. The zero-order valence-electron chi connectivity index (χ0n) is 16.7. The maximum atomic E-state index is 13.4. The number of rotatable bonds is 5. The zero-order chi connectivity index (χ0) is 20.4. The number of benzene rings is 1. The molecule has 0 atom stereocenters. The fourth-order valence-electron chi connectivity index (χ4n) is 3.73. The first-order valence-corrected chi connectivity index (χ1v) is 9.98. The van der Waals surface area contributed by atoms with Crippen molar-refractivity contribution in [2.24, 2.45) is 0 Å². The van der Waals surface area contributed by atoms with Gasteiger partial charge in [0.25, 0.3) is 0 Å². The maximum absolute atomic E-state index is 13.4. The van der Waals surface area contributed by atoms with Gasteiger partial charge in [-0.2, -0.15) is 0 Å². The van der Waals surface area contributed by atoms with E-state index in [0.29, 0.717) is 19.4 Å². The predicted octanol–water partition coefficient (Wildman–Crippen LogP) is 5.96. The Kier molecular flexibility index (Phi) is 5.35. The van der Waals surface area contributed by atoms with Crippen molar-refractivity contribution in [3.8, 4) is 17.0 Å². The fourth-order valence-corrected chi connectivity index (χ4v) is 3.73. The number of pyridine rings is 1. The first-order valence-electron chi connectivity index (χ1n) is 9.98. The van der Waals surface area contributed by atoms with Gasteiger partial charge in [0.05, 0.1) is 11.9 Å². The molecule has 2 heterocycles. The third-order valence-electron chi connectivity index (χ3n) is 5.55. The molecule has 1 fully saturated rings. The van der Waals surface area contributed by atoms with Crippen molar-refractivity contribution in [2.75, 3.05) is 0 Å². The molecule has 2 aromatic heterocycles. The lowest BCUT2D eigenvalue weighted by atomic mass is 9.86. The second-order valence-corrected chi connectivity index (χ2v) is 7.89. The smallest absolute Gasteiger partial charge is 0.248 e. The molecule has 4 nitrogen and oxygen atoms in total. The van der Waals surface area contributed by atoms with Crippen LogP contribution in [0.2, 0.25) is 0 Å². The van der Waals surface area contributed by atoms with Crippen LogP contribution in [-0.4, -0.2) is 20.9 Å². The van der Waals surface area contributed by atoms with Crippen LogP contribution in [0.1, 0.15) is 54.2 Å². The molecule has 1 saturated carbocycles. The Bertz CT molecular complexity index is 972. The van der Waals surface area contributed by atoms with Crippen LogP contribution < -0.4 is 4.74 Å². The van der Waals surface area contributed by atoms with Crippen LogP contribution in [0.3, 0.4) is 0 Å². The Morgan fingerprint density at radius 3 is 2.55 bits per heavy atom. The molecule has 1 aromatic carbocycles. The van der Waals surface area contributed by atoms with Gasteiger partial charge in [-0.25, -0.2) is 13.8 Å². The molecule has 1 N–H and O–H groups in total. The van der Waals surface area contributed by atoms with E-state index in [9.17, 15) is 8.78 Å². The minimum atomic E-state index is -2.52. The average molecular weight is 397 g/mol. The Labute approximate surface area is 169 Å². The van der Waals surface area contributed by atoms with Crippen molar-refractivity contribution in [2.45, 2.75) is 58.0 Å². The molecule has 0 aliphatic heterocycles. The molecule has 152 valence electrons. The molecule has 3 aromatic rings. The van der Waals surface area contributed by atoms with Gasteiger partial charge in [-0.15, -0.1) is 0 Å². The topological polar surface area (TPSA) is 50.8 Å². The Hall–Kier alpha value is -2.76. The van der Waals surface area contributed by atoms with Crippen LogP contribution in [0, 0.1) is 13.8 Å². The number of imidazole rings is 1. The molecule has 0 radical (unpaired) electrons. The lowest BCUT2D eigenvalue weighted by Crippen LogP contribution is -2.24. The van der Waals surface area contributed by atoms with E-state index in [2.05, 4.69) is 21.0 Å². The highest BCUT2D eigenvalue weighted by Gasteiger charge is 2.36. The number of halogens is 2. The first kappa shape index (κ1) is 19.6. The summed E-state index contributed by atoms with van der Waals surface area (Å²) in [6.07, 6.45) is 4.44. The number of aryl methyl sites for hydroxylation is 2. The Morgan fingerprint density at radius 1 is 1.07 bits per heavy atom. The zero-order valence-corrected chi connectivity index (χ0v) is 16.7. The van der Waals surface area contributed by atoms with Crippen LogP contribution in [-0.2, 0) is 6.61 Å². The van der Waals surface area contributed by atoms with Gasteiger partial charge in [-0.05, 0) is 56.5 Å². The van der Waals surface area contributed by atoms with Crippen LogP contribution in [0.15, 0.2) is 42.7 Å². The largest absolute Gasteiger partial charge is 0.489 e. The van der Waals surface area contributed by atoms with E-state index in [1.165, 1.54) is 0 Å². The van der Waals surface area contributed by atoms with Crippen molar-refractivity contribution in [3.63, 3.8) is 0 Å². The number of ether oxygens (including phenoxy) is 1. The molecule has 4 rings (SSSR count). The van der Waals surface area contributed by atoms with Gasteiger partial charge in [0.15, 0.2) is 0 Å². The van der Waals surface area contributed by atoms with Crippen molar-refractivity contribution in [1.29, 1.82) is 0 Å². The average Bonchev–Trinajstić information content (AvgIpc) is 3.18. The van der Waals surface area contributed by atoms with Crippen LogP contribution in [0.25, 0.3) is 11.3 Å². The summed E-state index contributed by atoms with van der Waals surface area (Å²) in [5.74, 6) is -0.813.